The molecule has 102 valence electrons. The zero-order valence-electron chi connectivity index (χ0n) is 11.5. The van der Waals surface area contributed by atoms with Crippen LogP contribution < -0.4 is 0 Å². The van der Waals surface area contributed by atoms with Crippen LogP contribution in [0, 0.1) is 0 Å². The number of rotatable bonds is 6. The number of H-pyrrole nitrogens is 1. The van der Waals surface area contributed by atoms with Gasteiger partial charge >= 0.3 is 0 Å². The van der Waals surface area contributed by atoms with Gasteiger partial charge < -0.3 is 14.6 Å². The highest BCUT2D eigenvalue weighted by Crippen LogP contribution is 2.19. The molecule has 0 bridgehead atoms. The first-order valence-corrected chi connectivity index (χ1v) is 6.71. The molecular weight excluding hydrogens is 240 g/mol. The Labute approximate surface area is 113 Å². The van der Waals surface area contributed by atoms with Gasteiger partial charge in [0.25, 0.3) is 5.91 Å². The van der Waals surface area contributed by atoms with Crippen LogP contribution in [-0.4, -0.2) is 42.1 Å². The van der Waals surface area contributed by atoms with Crippen LogP contribution in [0.1, 0.15) is 24.2 Å². The highest BCUT2D eigenvalue weighted by atomic mass is 16.5. The van der Waals surface area contributed by atoms with Crippen LogP contribution in [0.3, 0.4) is 0 Å². The van der Waals surface area contributed by atoms with E-state index in [2.05, 4.69) is 4.98 Å². The summed E-state index contributed by atoms with van der Waals surface area (Å²) in [6.07, 6.45) is 1.86. The van der Waals surface area contributed by atoms with Crippen molar-refractivity contribution in [2.24, 2.45) is 0 Å². The van der Waals surface area contributed by atoms with Crippen molar-refractivity contribution in [3.05, 3.63) is 36.0 Å². The van der Waals surface area contributed by atoms with E-state index in [0.717, 1.165) is 16.5 Å². The van der Waals surface area contributed by atoms with Gasteiger partial charge in [-0.3, -0.25) is 4.79 Å². The average Bonchev–Trinajstić information content (AvgIpc) is 2.91. The molecule has 4 heteroatoms. The van der Waals surface area contributed by atoms with E-state index in [9.17, 15) is 4.79 Å². The summed E-state index contributed by atoms with van der Waals surface area (Å²) >= 11 is 0. The lowest BCUT2D eigenvalue weighted by molar-refractivity contribution is 0.0671. The fourth-order valence-corrected chi connectivity index (χ4v) is 2.16. The van der Waals surface area contributed by atoms with Crippen LogP contribution in [0.4, 0.5) is 0 Å². The predicted octanol–water partition coefficient (Wildman–Crippen LogP) is 2.67. The van der Waals surface area contributed by atoms with E-state index in [1.165, 1.54) is 0 Å². The molecule has 1 aromatic carbocycles. The minimum atomic E-state index is 0.0624. The van der Waals surface area contributed by atoms with E-state index in [1.54, 1.807) is 0 Å². The Morgan fingerprint density at radius 3 is 2.89 bits per heavy atom. The van der Waals surface area contributed by atoms with E-state index in [4.69, 9.17) is 4.74 Å². The molecule has 0 aliphatic rings. The minimum Gasteiger partial charge on any atom is -0.380 e. The second-order valence-electron chi connectivity index (χ2n) is 4.33. The van der Waals surface area contributed by atoms with Gasteiger partial charge in [-0.25, -0.2) is 0 Å². The summed E-state index contributed by atoms with van der Waals surface area (Å²) in [4.78, 5) is 17.5. The molecular formula is C15H20N2O2. The summed E-state index contributed by atoms with van der Waals surface area (Å²) in [6, 6.07) is 7.70. The lowest BCUT2D eigenvalue weighted by Crippen LogP contribution is -2.34. The second-order valence-corrected chi connectivity index (χ2v) is 4.33. The predicted molar refractivity (Wildman–Crippen MR) is 76.4 cm³/mol. The first-order chi connectivity index (χ1) is 9.27. The third-order valence-corrected chi connectivity index (χ3v) is 3.20. The molecule has 0 atom stereocenters. The van der Waals surface area contributed by atoms with Crippen molar-refractivity contribution in [1.82, 2.24) is 9.88 Å². The van der Waals surface area contributed by atoms with Gasteiger partial charge in [0.15, 0.2) is 0 Å². The molecule has 1 N–H and O–H groups in total. The van der Waals surface area contributed by atoms with Crippen molar-refractivity contribution in [3.8, 4) is 0 Å². The average molecular weight is 260 g/mol. The number of hydrogen-bond acceptors (Lipinski definition) is 2. The zero-order valence-corrected chi connectivity index (χ0v) is 11.5. The number of hydrogen-bond donors (Lipinski definition) is 1. The van der Waals surface area contributed by atoms with Crippen LogP contribution in [0.15, 0.2) is 30.5 Å². The molecule has 0 aliphatic carbocycles. The molecule has 1 amide bonds. The van der Waals surface area contributed by atoms with Gasteiger partial charge in [-0.05, 0) is 32.0 Å². The van der Waals surface area contributed by atoms with E-state index >= 15 is 0 Å². The Morgan fingerprint density at radius 1 is 1.32 bits per heavy atom. The van der Waals surface area contributed by atoms with E-state index in [-0.39, 0.29) is 5.91 Å². The van der Waals surface area contributed by atoms with Crippen LogP contribution >= 0.6 is 0 Å². The normalized spacial score (nSPS) is 10.8. The molecule has 0 spiro atoms. The number of nitrogens with zero attached hydrogens (tertiary/aromatic N) is 1. The fraction of sp³-hybridized carbons (Fsp3) is 0.400. The number of carbonyl (C=O) groups excluding carboxylic acids is 1. The first kappa shape index (κ1) is 13.6. The molecule has 2 rings (SSSR count). The van der Waals surface area contributed by atoms with E-state index < -0.39 is 0 Å². The Hall–Kier alpha value is -1.81. The number of ether oxygens (including phenoxy) is 1. The van der Waals surface area contributed by atoms with E-state index in [0.29, 0.717) is 26.3 Å². The minimum absolute atomic E-state index is 0.0624. The molecule has 4 nitrogen and oxygen atoms in total. The quantitative estimate of drug-likeness (QED) is 0.812. The summed E-state index contributed by atoms with van der Waals surface area (Å²) in [5, 5.41) is 0.974. The van der Waals surface area contributed by atoms with Crippen molar-refractivity contribution >= 4 is 16.8 Å². The molecule has 1 heterocycles. The molecule has 0 saturated heterocycles. The summed E-state index contributed by atoms with van der Waals surface area (Å²) in [5.74, 6) is 0.0624. The number of aromatic nitrogens is 1. The standard InChI is InChI=1S/C15H20N2O2/c1-3-17(10-11-19-4-2)15(18)13-6-5-7-14-12(13)8-9-16-14/h5-9,16H,3-4,10-11H2,1-2H3. The number of likely N-dealkylation sites (N-methyl/N-ethyl adjacent to an activating group) is 1. The van der Waals surface area contributed by atoms with Gasteiger partial charge in [0.1, 0.15) is 0 Å². The van der Waals surface area contributed by atoms with Crippen molar-refractivity contribution < 1.29 is 9.53 Å². The smallest absolute Gasteiger partial charge is 0.254 e. The van der Waals surface area contributed by atoms with Gasteiger partial charge in [-0.15, -0.1) is 0 Å². The molecule has 1 aromatic heterocycles. The fourth-order valence-electron chi connectivity index (χ4n) is 2.16. The number of nitrogens with one attached hydrogen (secondary N) is 1. The monoisotopic (exact) mass is 260 g/mol. The molecule has 0 fully saturated rings. The topological polar surface area (TPSA) is 45.3 Å². The second kappa shape index (κ2) is 6.38. The van der Waals surface area contributed by atoms with Gasteiger partial charge in [-0.2, -0.15) is 0 Å². The Balaban J connectivity index is 2.19. The number of fused-ring (bicyclic) bond motifs is 1. The molecule has 2 aromatic rings. The highest BCUT2D eigenvalue weighted by molar-refractivity contribution is 6.06. The first-order valence-electron chi connectivity index (χ1n) is 6.71. The molecule has 0 saturated carbocycles. The molecule has 0 aliphatic heterocycles. The number of amides is 1. The highest BCUT2D eigenvalue weighted by Gasteiger charge is 2.16. The molecule has 0 radical (unpaired) electrons. The SMILES string of the molecule is CCOCCN(CC)C(=O)c1cccc2[nH]ccc12. The van der Waals surface area contributed by atoms with Gasteiger partial charge in [-0.1, -0.05) is 6.07 Å². The Kier molecular flexibility index (Phi) is 4.58. The van der Waals surface area contributed by atoms with Crippen LogP contribution in [0.25, 0.3) is 10.9 Å². The van der Waals surface area contributed by atoms with Gasteiger partial charge in [0.2, 0.25) is 0 Å². The number of carbonyl (C=O) groups is 1. The molecule has 19 heavy (non-hydrogen) atoms. The van der Waals surface area contributed by atoms with E-state index in [1.807, 2.05) is 49.2 Å². The number of benzene rings is 1. The lowest BCUT2D eigenvalue weighted by atomic mass is 10.1. The third kappa shape index (κ3) is 2.96. The van der Waals surface area contributed by atoms with Crippen molar-refractivity contribution in [3.63, 3.8) is 0 Å². The molecule has 0 unspecified atom stereocenters. The maximum absolute atomic E-state index is 12.5. The summed E-state index contributed by atoms with van der Waals surface area (Å²) in [7, 11) is 0. The van der Waals surface area contributed by atoms with Crippen LogP contribution in [0.5, 0.6) is 0 Å². The Bertz CT molecular complexity index is 548. The maximum Gasteiger partial charge on any atom is 0.254 e. The summed E-state index contributed by atoms with van der Waals surface area (Å²) < 4.78 is 5.32. The number of aromatic amines is 1. The van der Waals surface area contributed by atoms with Crippen LogP contribution in [-0.2, 0) is 4.74 Å². The third-order valence-electron chi connectivity index (χ3n) is 3.20. The van der Waals surface area contributed by atoms with Gasteiger partial charge in [0.05, 0.1) is 6.61 Å². The van der Waals surface area contributed by atoms with Crippen molar-refractivity contribution in [2.75, 3.05) is 26.3 Å². The van der Waals surface area contributed by atoms with Crippen molar-refractivity contribution in [2.45, 2.75) is 13.8 Å². The zero-order chi connectivity index (χ0) is 13.7. The summed E-state index contributed by atoms with van der Waals surface area (Å²) in [6.45, 7) is 6.52. The van der Waals surface area contributed by atoms with Crippen molar-refractivity contribution in [1.29, 1.82) is 0 Å². The summed E-state index contributed by atoms with van der Waals surface area (Å²) in [5.41, 5.74) is 1.74. The Morgan fingerprint density at radius 2 is 2.16 bits per heavy atom. The van der Waals surface area contributed by atoms with Crippen LogP contribution in [0.2, 0.25) is 0 Å². The maximum atomic E-state index is 12.5. The largest absolute Gasteiger partial charge is 0.380 e. The van der Waals surface area contributed by atoms with Gasteiger partial charge in [0, 0.05) is 42.4 Å². The lowest BCUT2D eigenvalue weighted by Gasteiger charge is -2.21.